The normalized spacial score (nSPS) is 20.9. The van der Waals surface area contributed by atoms with E-state index in [2.05, 4.69) is 0 Å². The number of ether oxygens (including phenoxy) is 2. The molecule has 1 atom stereocenters. The summed E-state index contributed by atoms with van der Waals surface area (Å²) in [6.45, 7) is 3.73. The maximum absolute atomic E-state index is 10.4. The summed E-state index contributed by atoms with van der Waals surface area (Å²) >= 11 is 0. The third kappa shape index (κ3) is 4.99. The van der Waals surface area contributed by atoms with Crippen LogP contribution in [0.1, 0.15) is 19.8 Å². The zero-order chi connectivity index (χ0) is 10.4. The van der Waals surface area contributed by atoms with Gasteiger partial charge in [-0.2, -0.15) is 0 Å². The summed E-state index contributed by atoms with van der Waals surface area (Å²) in [5.41, 5.74) is 0.374. The van der Waals surface area contributed by atoms with Crippen LogP contribution >= 0.6 is 0 Å². The van der Waals surface area contributed by atoms with E-state index in [1.54, 1.807) is 13.0 Å². The van der Waals surface area contributed by atoms with Crippen LogP contribution in [0.15, 0.2) is 11.6 Å². The Morgan fingerprint density at radius 1 is 1.64 bits per heavy atom. The highest BCUT2D eigenvalue weighted by Crippen LogP contribution is 2.12. The van der Waals surface area contributed by atoms with Gasteiger partial charge in [-0.1, -0.05) is 6.08 Å². The van der Waals surface area contributed by atoms with Crippen LogP contribution in [-0.4, -0.2) is 37.0 Å². The molecule has 1 saturated heterocycles. The summed E-state index contributed by atoms with van der Waals surface area (Å²) in [4.78, 5) is 10.4. The highest BCUT2D eigenvalue weighted by Gasteiger charge is 2.21. The van der Waals surface area contributed by atoms with Crippen molar-refractivity contribution in [2.24, 2.45) is 0 Å². The van der Waals surface area contributed by atoms with Gasteiger partial charge < -0.3 is 14.6 Å². The van der Waals surface area contributed by atoms with Crippen LogP contribution in [0.2, 0.25) is 0 Å². The Labute approximate surface area is 83.5 Å². The molecule has 1 aliphatic rings. The van der Waals surface area contributed by atoms with Crippen LogP contribution in [0.3, 0.4) is 0 Å². The summed E-state index contributed by atoms with van der Waals surface area (Å²) in [5.74, 6) is -0.864. The summed E-state index contributed by atoms with van der Waals surface area (Å²) in [6, 6.07) is 0. The number of aliphatic carboxylic acids is 1. The number of carbonyl (C=O) groups is 1. The lowest BCUT2D eigenvalue weighted by Crippen LogP contribution is -2.01. The first-order valence-corrected chi connectivity index (χ1v) is 4.79. The molecule has 4 heteroatoms. The van der Waals surface area contributed by atoms with E-state index in [1.807, 2.05) is 0 Å². The second-order valence-electron chi connectivity index (χ2n) is 3.34. The Morgan fingerprint density at radius 3 is 2.93 bits per heavy atom. The van der Waals surface area contributed by atoms with Crippen molar-refractivity contribution in [3.8, 4) is 0 Å². The van der Waals surface area contributed by atoms with Gasteiger partial charge in [-0.25, -0.2) is 4.79 Å². The van der Waals surface area contributed by atoms with Crippen LogP contribution < -0.4 is 0 Å². The molecule has 1 unspecified atom stereocenters. The van der Waals surface area contributed by atoms with Crippen molar-refractivity contribution >= 4 is 5.97 Å². The van der Waals surface area contributed by atoms with E-state index in [1.165, 1.54) is 0 Å². The number of hydrogen-bond acceptors (Lipinski definition) is 3. The van der Waals surface area contributed by atoms with Crippen molar-refractivity contribution in [2.75, 3.05) is 19.8 Å². The van der Waals surface area contributed by atoms with E-state index in [0.29, 0.717) is 31.3 Å². The smallest absolute Gasteiger partial charge is 0.330 e. The van der Waals surface area contributed by atoms with Gasteiger partial charge in [-0.15, -0.1) is 0 Å². The molecule has 0 radical (unpaired) electrons. The van der Waals surface area contributed by atoms with Crippen molar-refractivity contribution < 1.29 is 19.4 Å². The first kappa shape index (κ1) is 11.2. The Hall–Kier alpha value is -0.870. The topological polar surface area (TPSA) is 59.1 Å². The molecule has 1 N–H and O–H groups in total. The molecule has 0 aromatic rings. The molecular formula is C10H16O4. The third-order valence-electron chi connectivity index (χ3n) is 2.04. The van der Waals surface area contributed by atoms with E-state index < -0.39 is 5.97 Å². The van der Waals surface area contributed by atoms with Gasteiger partial charge >= 0.3 is 5.97 Å². The van der Waals surface area contributed by atoms with E-state index in [0.717, 1.165) is 13.0 Å². The van der Waals surface area contributed by atoms with Gasteiger partial charge in [0.2, 0.25) is 0 Å². The van der Waals surface area contributed by atoms with Crippen LogP contribution in [0.25, 0.3) is 0 Å². The number of carboxylic acid groups (broad SMARTS) is 1. The molecule has 0 aromatic heterocycles. The van der Waals surface area contributed by atoms with E-state index >= 15 is 0 Å². The Bertz CT molecular complexity index is 218. The molecule has 1 fully saturated rings. The number of epoxide rings is 1. The first-order chi connectivity index (χ1) is 6.70. The molecule has 0 bridgehead atoms. The highest BCUT2D eigenvalue weighted by atomic mass is 16.6. The summed E-state index contributed by atoms with van der Waals surface area (Å²) < 4.78 is 10.3. The minimum atomic E-state index is -0.864. The summed E-state index contributed by atoms with van der Waals surface area (Å²) in [6.07, 6.45) is 3.69. The van der Waals surface area contributed by atoms with Crippen molar-refractivity contribution in [1.82, 2.24) is 0 Å². The maximum atomic E-state index is 10.4. The molecule has 80 valence electrons. The van der Waals surface area contributed by atoms with Crippen molar-refractivity contribution in [2.45, 2.75) is 25.9 Å². The zero-order valence-corrected chi connectivity index (χ0v) is 8.36. The minimum Gasteiger partial charge on any atom is -0.478 e. The van der Waals surface area contributed by atoms with Gasteiger partial charge in [0.05, 0.1) is 19.3 Å². The Kier molecular flexibility index (Phi) is 4.62. The fraction of sp³-hybridized carbons (Fsp3) is 0.700. The quantitative estimate of drug-likeness (QED) is 0.381. The molecule has 4 nitrogen and oxygen atoms in total. The van der Waals surface area contributed by atoms with Crippen molar-refractivity contribution in [3.05, 3.63) is 11.6 Å². The maximum Gasteiger partial charge on any atom is 0.330 e. The molecule has 0 aliphatic carbocycles. The number of hydrogen-bond donors (Lipinski definition) is 1. The van der Waals surface area contributed by atoms with E-state index in [9.17, 15) is 4.79 Å². The molecular weight excluding hydrogens is 184 g/mol. The second-order valence-corrected chi connectivity index (χ2v) is 3.34. The van der Waals surface area contributed by atoms with Crippen LogP contribution in [-0.2, 0) is 14.3 Å². The SMILES string of the molecule is CC(=CCCOCCC1CO1)C(=O)O. The minimum absolute atomic E-state index is 0.374. The molecule has 1 heterocycles. The summed E-state index contributed by atoms with van der Waals surface area (Å²) in [7, 11) is 0. The molecule has 0 amide bonds. The molecule has 0 spiro atoms. The predicted molar refractivity (Wildman–Crippen MR) is 51.2 cm³/mol. The van der Waals surface area contributed by atoms with Crippen molar-refractivity contribution in [1.29, 1.82) is 0 Å². The monoisotopic (exact) mass is 200 g/mol. The van der Waals surface area contributed by atoms with Gasteiger partial charge in [-0.05, 0) is 19.8 Å². The number of rotatable bonds is 7. The lowest BCUT2D eigenvalue weighted by Gasteiger charge is -2.00. The lowest BCUT2D eigenvalue weighted by molar-refractivity contribution is -0.132. The van der Waals surface area contributed by atoms with Crippen LogP contribution in [0, 0.1) is 0 Å². The molecule has 0 aromatic carbocycles. The molecule has 1 rings (SSSR count). The van der Waals surface area contributed by atoms with Gasteiger partial charge in [0, 0.05) is 12.2 Å². The van der Waals surface area contributed by atoms with Gasteiger partial charge in [0.25, 0.3) is 0 Å². The fourth-order valence-electron chi connectivity index (χ4n) is 0.998. The molecule has 1 aliphatic heterocycles. The average Bonchev–Trinajstić information content (AvgIpc) is 2.94. The predicted octanol–water partition coefficient (Wildman–Crippen LogP) is 1.21. The largest absolute Gasteiger partial charge is 0.478 e. The van der Waals surface area contributed by atoms with E-state index in [4.69, 9.17) is 14.6 Å². The van der Waals surface area contributed by atoms with Crippen LogP contribution in [0.5, 0.6) is 0 Å². The summed E-state index contributed by atoms with van der Waals surface area (Å²) in [5, 5.41) is 8.54. The molecule has 0 saturated carbocycles. The first-order valence-electron chi connectivity index (χ1n) is 4.79. The van der Waals surface area contributed by atoms with Gasteiger partial charge in [0.15, 0.2) is 0 Å². The molecule has 14 heavy (non-hydrogen) atoms. The van der Waals surface area contributed by atoms with E-state index in [-0.39, 0.29) is 0 Å². The zero-order valence-electron chi connectivity index (χ0n) is 8.36. The highest BCUT2D eigenvalue weighted by molar-refractivity contribution is 5.85. The van der Waals surface area contributed by atoms with Gasteiger partial charge in [-0.3, -0.25) is 0 Å². The third-order valence-corrected chi connectivity index (χ3v) is 2.04. The second kappa shape index (κ2) is 5.78. The Morgan fingerprint density at radius 2 is 2.36 bits per heavy atom. The lowest BCUT2D eigenvalue weighted by atomic mass is 10.2. The van der Waals surface area contributed by atoms with Crippen molar-refractivity contribution in [3.63, 3.8) is 0 Å². The Balaban J connectivity index is 1.92. The fourth-order valence-corrected chi connectivity index (χ4v) is 0.998. The van der Waals surface area contributed by atoms with Gasteiger partial charge in [0.1, 0.15) is 0 Å². The van der Waals surface area contributed by atoms with Crippen LogP contribution in [0.4, 0.5) is 0 Å². The average molecular weight is 200 g/mol. The standard InChI is InChI=1S/C10H16O4/c1-8(10(11)12)3-2-5-13-6-4-9-7-14-9/h3,9H,2,4-7H2,1H3,(H,11,12). The number of carboxylic acids is 1.